The van der Waals surface area contributed by atoms with Crippen LogP contribution in [-0.2, 0) is 11.8 Å². The second-order valence-corrected chi connectivity index (χ2v) is 7.33. The molecule has 1 unspecified atom stereocenters. The van der Waals surface area contributed by atoms with Crippen LogP contribution in [0.5, 0.6) is 0 Å². The lowest BCUT2D eigenvalue weighted by Crippen LogP contribution is -2.25. The first-order chi connectivity index (χ1) is 12.0. The zero-order valence-electron chi connectivity index (χ0n) is 14.3. The molecule has 1 aromatic carbocycles. The van der Waals surface area contributed by atoms with E-state index >= 15 is 0 Å². The van der Waals surface area contributed by atoms with Gasteiger partial charge >= 0.3 is 0 Å². The number of hydrogen-bond donors (Lipinski definition) is 1. The zero-order valence-corrected chi connectivity index (χ0v) is 15.9. The fraction of sp³-hybridized carbons (Fsp3) is 0.278. The average Bonchev–Trinajstić information content (AvgIpc) is 3.12. The molecule has 1 amide bonds. The largest absolute Gasteiger partial charge is 0.352 e. The van der Waals surface area contributed by atoms with Crippen molar-refractivity contribution in [2.24, 2.45) is 7.05 Å². The summed E-state index contributed by atoms with van der Waals surface area (Å²) in [6.07, 6.45) is 3.18. The van der Waals surface area contributed by atoms with Crippen LogP contribution in [0.2, 0.25) is 5.15 Å². The molecular weight excluding hydrogens is 356 g/mol. The molecule has 0 saturated carbocycles. The average molecular weight is 375 g/mol. The van der Waals surface area contributed by atoms with Gasteiger partial charge < -0.3 is 5.32 Å². The lowest BCUT2D eigenvalue weighted by atomic mass is 10.2. The predicted octanol–water partition coefficient (Wildman–Crippen LogP) is 3.92. The van der Waals surface area contributed by atoms with E-state index in [1.807, 2.05) is 25.1 Å². The van der Waals surface area contributed by atoms with Crippen molar-refractivity contribution in [3.63, 3.8) is 0 Å². The lowest BCUT2D eigenvalue weighted by molar-refractivity contribution is -0.116. The van der Waals surface area contributed by atoms with E-state index in [-0.39, 0.29) is 11.8 Å². The van der Waals surface area contributed by atoms with Crippen molar-refractivity contribution >= 4 is 45.1 Å². The third kappa shape index (κ3) is 3.91. The molecule has 2 heterocycles. The van der Waals surface area contributed by atoms with E-state index in [4.69, 9.17) is 11.6 Å². The third-order valence-corrected chi connectivity index (χ3v) is 5.63. The van der Waals surface area contributed by atoms with Gasteiger partial charge in [-0.1, -0.05) is 30.7 Å². The summed E-state index contributed by atoms with van der Waals surface area (Å²) in [4.78, 5) is 16.7. The maximum Gasteiger partial charge on any atom is 0.244 e. The van der Waals surface area contributed by atoms with Gasteiger partial charge in [-0.15, -0.1) is 11.3 Å². The van der Waals surface area contributed by atoms with Gasteiger partial charge in [0, 0.05) is 31.1 Å². The summed E-state index contributed by atoms with van der Waals surface area (Å²) in [6, 6.07) is 8.05. The van der Waals surface area contributed by atoms with Crippen molar-refractivity contribution in [2.75, 3.05) is 6.54 Å². The molecule has 1 atom stereocenters. The Labute approximate surface area is 155 Å². The highest BCUT2D eigenvalue weighted by molar-refractivity contribution is 7.18. The monoisotopic (exact) mass is 374 g/mol. The van der Waals surface area contributed by atoms with E-state index in [1.54, 1.807) is 29.1 Å². The minimum Gasteiger partial charge on any atom is -0.352 e. The highest BCUT2D eigenvalue weighted by Crippen LogP contribution is 2.26. The zero-order chi connectivity index (χ0) is 18.0. The number of rotatable bonds is 5. The number of thiazole rings is 1. The van der Waals surface area contributed by atoms with Gasteiger partial charge in [-0.2, -0.15) is 5.10 Å². The van der Waals surface area contributed by atoms with Gasteiger partial charge in [-0.05, 0) is 25.1 Å². The Bertz CT molecular complexity index is 911. The number of nitrogens with zero attached hydrogens (tertiary/aromatic N) is 3. The topological polar surface area (TPSA) is 59.8 Å². The number of nitrogens with one attached hydrogen (secondary N) is 1. The van der Waals surface area contributed by atoms with Gasteiger partial charge in [0.05, 0.1) is 20.9 Å². The van der Waals surface area contributed by atoms with Crippen molar-refractivity contribution in [2.45, 2.75) is 19.8 Å². The molecule has 0 radical (unpaired) electrons. The minimum atomic E-state index is -0.160. The first-order valence-corrected chi connectivity index (χ1v) is 9.15. The number of halogens is 1. The molecule has 5 nitrogen and oxygen atoms in total. The van der Waals surface area contributed by atoms with Crippen LogP contribution in [0, 0.1) is 6.92 Å². The van der Waals surface area contributed by atoms with Gasteiger partial charge in [0.1, 0.15) is 5.15 Å². The summed E-state index contributed by atoms with van der Waals surface area (Å²) < 4.78 is 2.75. The number of aromatic nitrogens is 3. The summed E-state index contributed by atoms with van der Waals surface area (Å²) >= 11 is 7.82. The van der Waals surface area contributed by atoms with Crippen LogP contribution in [-0.4, -0.2) is 27.2 Å². The standard InChI is InChI=1S/C18H19ClN4OS/c1-11(18-21-14-6-4-5-7-15(14)25-18)10-20-16(24)9-8-13-12(2)22-23(3)17(13)19/h4-9,11H,10H2,1-3H3,(H,20,24)/b9-8+. The lowest BCUT2D eigenvalue weighted by Gasteiger charge is -2.08. The molecule has 3 aromatic rings. The molecule has 2 aromatic heterocycles. The van der Waals surface area contributed by atoms with Crippen LogP contribution >= 0.6 is 22.9 Å². The molecule has 1 N–H and O–H groups in total. The number of hydrogen-bond acceptors (Lipinski definition) is 4. The first kappa shape index (κ1) is 17.6. The summed E-state index contributed by atoms with van der Waals surface area (Å²) in [5, 5.41) is 8.67. The van der Waals surface area contributed by atoms with Gasteiger partial charge in [0.15, 0.2) is 0 Å². The Morgan fingerprint density at radius 3 is 2.88 bits per heavy atom. The van der Waals surface area contributed by atoms with Crippen LogP contribution in [0.25, 0.3) is 16.3 Å². The highest BCUT2D eigenvalue weighted by Gasteiger charge is 2.12. The SMILES string of the molecule is Cc1nn(C)c(Cl)c1/C=C/C(=O)NCC(C)c1nc2ccccc2s1. The van der Waals surface area contributed by atoms with E-state index in [0.717, 1.165) is 26.5 Å². The molecule has 3 rings (SSSR count). The van der Waals surface area contributed by atoms with E-state index in [2.05, 4.69) is 28.4 Å². The second kappa shape index (κ2) is 7.37. The van der Waals surface area contributed by atoms with Crippen molar-refractivity contribution in [1.82, 2.24) is 20.1 Å². The number of fused-ring (bicyclic) bond motifs is 1. The predicted molar refractivity (Wildman–Crippen MR) is 103 cm³/mol. The summed E-state index contributed by atoms with van der Waals surface area (Å²) in [5.41, 5.74) is 2.56. The Balaban J connectivity index is 1.60. The van der Waals surface area contributed by atoms with E-state index in [1.165, 1.54) is 6.08 Å². The number of benzene rings is 1. The van der Waals surface area contributed by atoms with Gasteiger partial charge in [0.25, 0.3) is 0 Å². The number of para-hydroxylation sites is 1. The minimum absolute atomic E-state index is 0.151. The number of amides is 1. The van der Waals surface area contributed by atoms with Crippen molar-refractivity contribution in [3.8, 4) is 0 Å². The molecule has 0 bridgehead atoms. The van der Waals surface area contributed by atoms with Crippen LogP contribution in [0.3, 0.4) is 0 Å². The third-order valence-electron chi connectivity index (χ3n) is 3.91. The molecule has 7 heteroatoms. The summed E-state index contributed by atoms with van der Waals surface area (Å²) in [6.45, 7) is 4.45. The molecule has 0 spiro atoms. The maximum absolute atomic E-state index is 12.1. The molecule has 0 aliphatic heterocycles. The molecule has 0 aliphatic carbocycles. The van der Waals surface area contributed by atoms with Crippen LogP contribution in [0.1, 0.15) is 29.1 Å². The van der Waals surface area contributed by atoms with Crippen LogP contribution in [0.4, 0.5) is 0 Å². The molecule has 0 fully saturated rings. The Morgan fingerprint density at radius 1 is 1.44 bits per heavy atom. The maximum atomic E-state index is 12.1. The fourth-order valence-corrected chi connectivity index (χ4v) is 3.75. The van der Waals surface area contributed by atoms with E-state index in [0.29, 0.717) is 11.7 Å². The van der Waals surface area contributed by atoms with E-state index < -0.39 is 0 Å². The van der Waals surface area contributed by atoms with Crippen LogP contribution in [0.15, 0.2) is 30.3 Å². The summed E-state index contributed by atoms with van der Waals surface area (Å²) in [5.74, 6) is -0.00857. The molecule has 0 aliphatic rings. The highest BCUT2D eigenvalue weighted by atomic mass is 35.5. The smallest absolute Gasteiger partial charge is 0.244 e. The quantitative estimate of drug-likeness (QED) is 0.688. The number of aryl methyl sites for hydroxylation is 2. The normalized spacial score (nSPS) is 12.8. The van der Waals surface area contributed by atoms with Crippen LogP contribution < -0.4 is 5.32 Å². The first-order valence-electron chi connectivity index (χ1n) is 7.96. The second-order valence-electron chi connectivity index (χ2n) is 5.91. The Hall–Kier alpha value is -2.18. The summed E-state index contributed by atoms with van der Waals surface area (Å²) in [7, 11) is 1.77. The van der Waals surface area contributed by atoms with Crippen molar-refractivity contribution in [3.05, 3.63) is 51.8 Å². The number of carbonyl (C=O) groups excluding carboxylic acids is 1. The molecule has 25 heavy (non-hydrogen) atoms. The van der Waals surface area contributed by atoms with Crippen molar-refractivity contribution < 1.29 is 4.79 Å². The Kier molecular flexibility index (Phi) is 5.20. The van der Waals surface area contributed by atoms with Gasteiger partial charge in [0.2, 0.25) is 5.91 Å². The Morgan fingerprint density at radius 2 is 2.20 bits per heavy atom. The molecular formula is C18H19ClN4OS. The van der Waals surface area contributed by atoms with Crippen molar-refractivity contribution in [1.29, 1.82) is 0 Å². The molecule has 0 saturated heterocycles. The number of carbonyl (C=O) groups is 1. The van der Waals surface area contributed by atoms with Gasteiger partial charge in [-0.3, -0.25) is 9.48 Å². The van der Waals surface area contributed by atoms with Gasteiger partial charge in [-0.25, -0.2) is 4.98 Å². The molecule has 130 valence electrons. The fourth-order valence-electron chi connectivity index (χ4n) is 2.50. The van der Waals surface area contributed by atoms with E-state index in [9.17, 15) is 4.79 Å².